The second-order valence-corrected chi connectivity index (χ2v) is 7.58. The first-order valence-electron chi connectivity index (χ1n) is 9.94. The van der Waals surface area contributed by atoms with Gasteiger partial charge in [-0.15, -0.1) is 0 Å². The zero-order chi connectivity index (χ0) is 26.7. The van der Waals surface area contributed by atoms with Crippen molar-refractivity contribution in [2.24, 2.45) is 16.7 Å². The Labute approximate surface area is 198 Å². The Morgan fingerprint density at radius 1 is 0.694 bits per heavy atom. The Balaban J connectivity index is 1.29. The number of β-lactam (4-membered cyclic amide) rings is 8. The molecule has 4 saturated heterocycles. The van der Waals surface area contributed by atoms with Crippen LogP contribution in [0.5, 0.6) is 0 Å². The van der Waals surface area contributed by atoms with Crippen molar-refractivity contribution in [3.63, 3.8) is 0 Å². The molecule has 4 heterocycles. The van der Waals surface area contributed by atoms with E-state index in [1.54, 1.807) is 6.92 Å². The summed E-state index contributed by atoms with van der Waals surface area (Å²) in [6.45, 7) is -0.719. The van der Waals surface area contributed by atoms with Crippen LogP contribution in [-0.2, 0) is 47.8 Å². The first kappa shape index (κ1) is 24.2. The van der Waals surface area contributed by atoms with Crippen LogP contribution in [0.1, 0.15) is 6.92 Å². The summed E-state index contributed by atoms with van der Waals surface area (Å²) in [6.07, 6.45) is -2.07. The Bertz CT molecular complexity index is 1140. The van der Waals surface area contributed by atoms with Gasteiger partial charge in [-0.3, -0.25) is 53.1 Å². The van der Waals surface area contributed by atoms with Crippen LogP contribution in [0.3, 0.4) is 0 Å². The molecule has 0 aromatic rings. The van der Waals surface area contributed by atoms with E-state index in [0.29, 0.717) is 4.90 Å². The number of ether oxygens (including phenoxy) is 2. The van der Waals surface area contributed by atoms with Gasteiger partial charge in [0, 0.05) is 6.54 Å². The average molecular weight is 509 g/mol. The van der Waals surface area contributed by atoms with E-state index in [1.165, 1.54) is 0 Å². The van der Waals surface area contributed by atoms with Gasteiger partial charge in [-0.2, -0.15) is 0 Å². The van der Waals surface area contributed by atoms with Gasteiger partial charge in [-0.1, -0.05) is 0 Å². The highest BCUT2D eigenvalue weighted by Gasteiger charge is 2.83. The molecule has 0 atom stereocenters. The molecule has 0 aliphatic carbocycles. The number of nitrogens with zero attached hydrogens (tertiary/aromatic N) is 4. The molecule has 0 aromatic carbocycles. The molecule has 19 heteroatoms. The summed E-state index contributed by atoms with van der Waals surface area (Å²) < 4.78 is 8.95. The second kappa shape index (κ2) is 7.80. The lowest BCUT2D eigenvalue weighted by atomic mass is 9.68. The number of amides is 10. The van der Waals surface area contributed by atoms with Crippen LogP contribution in [0.25, 0.3) is 0 Å². The van der Waals surface area contributed by atoms with Gasteiger partial charge >= 0.3 is 12.2 Å². The van der Waals surface area contributed by atoms with Gasteiger partial charge in [0.25, 0.3) is 58.1 Å². The van der Waals surface area contributed by atoms with Gasteiger partial charge < -0.3 is 20.1 Å². The van der Waals surface area contributed by atoms with E-state index in [2.05, 4.69) is 14.8 Å². The van der Waals surface area contributed by atoms with Gasteiger partial charge in [0.2, 0.25) is 6.79 Å². The van der Waals surface area contributed by atoms with Crippen LogP contribution < -0.4 is 16.5 Å². The molecule has 0 radical (unpaired) electrons. The molecule has 0 saturated carbocycles. The number of hydrazine groups is 1. The molecule has 36 heavy (non-hydrogen) atoms. The predicted octanol–water partition coefficient (Wildman–Crippen LogP) is -5.35. The number of rotatable bonds is 7. The molecule has 0 unspecified atom stereocenters. The fourth-order valence-corrected chi connectivity index (χ4v) is 3.90. The minimum Gasteiger partial charge on any atom is -0.412 e. The minimum absolute atomic E-state index is 0.0718. The van der Waals surface area contributed by atoms with Crippen molar-refractivity contribution in [3.05, 3.63) is 0 Å². The standard InChI is InChI=1S/C17H15N7O12/c1-2-19-14(33)35-5-36-15(34)20-3-21-6(25)16(7(21)26)8(27)22(9(16)28)4-23-10(29)17(11(23)30)12(31)24(18)13(17)32/h2-5,18H2,1H3,(H,19,33)(H,20,34). The molecule has 19 nitrogen and oxygen atoms in total. The molecule has 4 rings (SSSR count). The van der Waals surface area contributed by atoms with Crippen LogP contribution in [0.15, 0.2) is 0 Å². The zero-order valence-corrected chi connectivity index (χ0v) is 18.1. The largest absolute Gasteiger partial charge is 0.412 e. The van der Waals surface area contributed by atoms with E-state index in [0.717, 1.165) is 0 Å². The number of carbonyl (C=O) groups is 10. The summed E-state index contributed by atoms with van der Waals surface area (Å²) in [5.74, 6) is -5.34. The number of nitrogens with one attached hydrogen (secondary N) is 2. The average Bonchev–Trinajstić information content (AvgIpc) is 2.84. The summed E-state index contributed by atoms with van der Waals surface area (Å²) in [5, 5.41) is 4.30. The maximum Gasteiger partial charge on any atom is 0.411 e. The van der Waals surface area contributed by atoms with Crippen molar-refractivity contribution in [2.45, 2.75) is 6.92 Å². The fourth-order valence-electron chi connectivity index (χ4n) is 3.90. The molecule has 0 aromatic heterocycles. The topological polar surface area (TPSA) is 252 Å². The van der Waals surface area contributed by atoms with Crippen molar-refractivity contribution < 1.29 is 57.4 Å². The Morgan fingerprint density at radius 2 is 1.08 bits per heavy atom. The number of hydrogen-bond donors (Lipinski definition) is 3. The van der Waals surface area contributed by atoms with Gasteiger partial charge in [0.15, 0.2) is 0 Å². The number of alkyl carbamates (subject to hydrolysis) is 2. The van der Waals surface area contributed by atoms with Crippen LogP contribution in [-0.4, -0.2) is 106 Å². The van der Waals surface area contributed by atoms with Gasteiger partial charge in [0.05, 0.1) is 0 Å². The highest BCUT2D eigenvalue weighted by atomic mass is 16.7. The number of imide groups is 4. The number of likely N-dealkylation sites (tertiary alicyclic amines) is 3. The van der Waals surface area contributed by atoms with Gasteiger partial charge in [-0.05, 0) is 6.92 Å². The molecule has 0 bridgehead atoms. The molecular weight excluding hydrogens is 494 g/mol. The van der Waals surface area contributed by atoms with Crippen LogP contribution in [0, 0.1) is 10.8 Å². The normalized spacial score (nSPS) is 21.3. The van der Waals surface area contributed by atoms with Crippen LogP contribution in [0.4, 0.5) is 9.59 Å². The monoisotopic (exact) mass is 509 g/mol. The van der Waals surface area contributed by atoms with Crippen molar-refractivity contribution >= 4 is 59.4 Å². The fraction of sp³-hybridized carbons (Fsp3) is 0.412. The Morgan fingerprint density at radius 3 is 1.53 bits per heavy atom. The molecule has 2 spiro atoms. The predicted molar refractivity (Wildman–Crippen MR) is 101 cm³/mol. The van der Waals surface area contributed by atoms with Crippen molar-refractivity contribution in [3.8, 4) is 0 Å². The first-order valence-corrected chi connectivity index (χ1v) is 9.94. The number of nitrogens with two attached hydrogens (primary N) is 1. The van der Waals surface area contributed by atoms with Crippen LogP contribution in [0.2, 0.25) is 0 Å². The molecule has 4 aliphatic rings. The van der Waals surface area contributed by atoms with E-state index >= 15 is 0 Å². The van der Waals surface area contributed by atoms with Crippen molar-refractivity contribution in [1.29, 1.82) is 0 Å². The van der Waals surface area contributed by atoms with Crippen molar-refractivity contribution in [1.82, 2.24) is 30.3 Å². The molecular formula is C17H15N7O12. The SMILES string of the molecule is CCNC(=O)OCOC(=O)NCN1C(=O)C2(C1=O)C(=O)N(CN1C(=O)C3(C(=O)N(N)C3=O)C1=O)C2=O. The first-order chi connectivity index (χ1) is 16.9. The third kappa shape index (κ3) is 2.64. The highest BCUT2D eigenvalue weighted by Crippen LogP contribution is 2.47. The maximum atomic E-state index is 12.5. The maximum absolute atomic E-state index is 12.5. The summed E-state index contributed by atoms with van der Waals surface area (Å²) >= 11 is 0. The number of carbonyl (C=O) groups excluding carboxylic acids is 10. The quantitative estimate of drug-likeness (QED) is 0.0954. The zero-order valence-electron chi connectivity index (χ0n) is 18.1. The van der Waals surface area contributed by atoms with Gasteiger partial charge in [-0.25, -0.2) is 20.4 Å². The summed E-state index contributed by atoms with van der Waals surface area (Å²) in [5.41, 5.74) is -5.36. The Kier molecular flexibility index (Phi) is 5.24. The summed E-state index contributed by atoms with van der Waals surface area (Å²) in [6, 6.07) is 0. The highest BCUT2D eigenvalue weighted by molar-refractivity contribution is 6.54. The second-order valence-electron chi connectivity index (χ2n) is 7.58. The minimum atomic E-state index is -2.72. The third-order valence-electron chi connectivity index (χ3n) is 5.84. The lowest BCUT2D eigenvalue weighted by molar-refractivity contribution is -0.206. The molecule has 4 N–H and O–H groups in total. The molecule has 4 aliphatic heterocycles. The lowest BCUT2D eigenvalue weighted by Gasteiger charge is -2.55. The molecule has 4 fully saturated rings. The van der Waals surface area contributed by atoms with Crippen LogP contribution >= 0.6 is 0 Å². The van der Waals surface area contributed by atoms with E-state index in [9.17, 15) is 47.9 Å². The van der Waals surface area contributed by atoms with E-state index in [-0.39, 0.29) is 21.4 Å². The summed E-state index contributed by atoms with van der Waals surface area (Å²) in [4.78, 5) is 121. The van der Waals surface area contributed by atoms with E-state index < -0.39 is 90.4 Å². The smallest absolute Gasteiger partial charge is 0.411 e. The van der Waals surface area contributed by atoms with Gasteiger partial charge in [0.1, 0.15) is 13.3 Å². The lowest BCUT2D eigenvalue weighted by Crippen LogP contribution is -2.88. The Hall–Kier alpha value is -4.94. The molecule has 10 amide bonds. The van der Waals surface area contributed by atoms with E-state index in [1.807, 2.05) is 5.32 Å². The van der Waals surface area contributed by atoms with Crippen molar-refractivity contribution in [2.75, 3.05) is 26.7 Å². The summed E-state index contributed by atoms with van der Waals surface area (Å²) in [7, 11) is 0. The molecule has 190 valence electrons. The van der Waals surface area contributed by atoms with E-state index in [4.69, 9.17) is 5.84 Å². The third-order valence-corrected chi connectivity index (χ3v) is 5.84. The number of hydrogen-bond acceptors (Lipinski definition) is 13.